The molecular formula is C21H23ClO6. The van der Waals surface area contributed by atoms with E-state index in [0.717, 1.165) is 12.5 Å². The van der Waals surface area contributed by atoms with Crippen LogP contribution in [0.25, 0.3) is 0 Å². The third kappa shape index (κ3) is 5.96. The van der Waals surface area contributed by atoms with Gasteiger partial charge in [-0.3, -0.25) is 9.59 Å². The molecule has 0 amide bonds. The van der Waals surface area contributed by atoms with E-state index in [1.165, 1.54) is 13.0 Å². The number of phenols is 1. The number of carbonyl (C=O) groups excluding carboxylic acids is 3. The molecule has 0 fully saturated rings. The van der Waals surface area contributed by atoms with Crippen molar-refractivity contribution in [1.29, 1.82) is 0 Å². The molecule has 1 atom stereocenters. The van der Waals surface area contributed by atoms with Gasteiger partial charge in [0, 0.05) is 24.5 Å². The molecule has 150 valence electrons. The summed E-state index contributed by atoms with van der Waals surface area (Å²) in [6, 6.07) is 1.15. The number of Topliss-reactive ketones (excluding diaryl/α,β-unsaturated/α-hetero) is 1. The van der Waals surface area contributed by atoms with Crippen molar-refractivity contribution in [3.8, 4) is 11.5 Å². The van der Waals surface area contributed by atoms with Gasteiger partial charge >= 0.3 is 5.97 Å². The van der Waals surface area contributed by atoms with Crippen LogP contribution in [-0.2, 0) is 20.7 Å². The smallest absolute Gasteiger partial charge is 0.342 e. The van der Waals surface area contributed by atoms with Crippen LogP contribution < -0.4 is 4.74 Å². The first-order chi connectivity index (χ1) is 13.3. The maximum Gasteiger partial charge on any atom is 0.342 e. The number of benzene rings is 1. The van der Waals surface area contributed by atoms with Gasteiger partial charge in [-0.1, -0.05) is 29.8 Å². The van der Waals surface area contributed by atoms with E-state index < -0.39 is 17.8 Å². The molecule has 0 bridgehead atoms. The average Bonchev–Trinajstić information content (AvgIpc) is 2.61. The third-order valence-corrected chi connectivity index (χ3v) is 4.45. The number of fused-ring (bicyclic) bond motifs is 1. The summed E-state index contributed by atoms with van der Waals surface area (Å²) in [4.78, 5) is 36.2. The quantitative estimate of drug-likeness (QED) is 0.603. The van der Waals surface area contributed by atoms with Crippen molar-refractivity contribution in [2.45, 2.75) is 45.6 Å². The molecule has 1 N–H and O–H groups in total. The van der Waals surface area contributed by atoms with Crippen LogP contribution in [0.1, 0.15) is 49.0 Å². The van der Waals surface area contributed by atoms with Gasteiger partial charge in [0.1, 0.15) is 29.8 Å². The zero-order valence-corrected chi connectivity index (χ0v) is 16.6. The second kappa shape index (κ2) is 10.1. The highest BCUT2D eigenvalue weighted by molar-refractivity contribution is 6.33. The Labute approximate surface area is 168 Å². The second-order valence-electron chi connectivity index (χ2n) is 6.60. The van der Waals surface area contributed by atoms with Crippen LogP contribution in [0.15, 0.2) is 30.4 Å². The zero-order chi connectivity index (χ0) is 20.7. The molecule has 0 spiro atoms. The Kier molecular flexibility index (Phi) is 7.81. The number of cyclic esters (lactones) is 1. The number of aromatic hydroxyl groups is 1. The molecule has 6 nitrogen and oxygen atoms in total. The van der Waals surface area contributed by atoms with E-state index in [0.29, 0.717) is 12.8 Å². The normalized spacial score (nSPS) is 20.5. The first kappa shape index (κ1) is 21.7. The molecule has 0 radical (unpaired) electrons. The summed E-state index contributed by atoms with van der Waals surface area (Å²) in [7, 11) is 0. The summed E-state index contributed by atoms with van der Waals surface area (Å²) >= 11 is 6.36. The Morgan fingerprint density at radius 2 is 2.00 bits per heavy atom. The number of carbonyl (C=O) groups is 3. The Balaban J connectivity index is 2.50. The Bertz CT molecular complexity index is 825. The van der Waals surface area contributed by atoms with E-state index in [2.05, 4.69) is 0 Å². The lowest BCUT2D eigenvalue weighted by molar-refractivity contribution is -0.119. The van der Waals surface area contributed by atoms with Crippen molar-refractivity contribution < 1.29 is 29.0 Å². The van der Waals surface area contributed by atoms with Gasteiger partial charge in [-0.15, -0.1) is 0 Å². The van der Waals surface area contributed by atoms with E-state index in [1.807, 2.05) is 12.2 Å². The topological polar surface area (TPSA) is 89.9 Å². The van der Waals surface area contributed by atoms with Crippen molar-refractivity contribution in [3.05, 3.63) is 46.5 Å². The fraction of sp³-hybridized carbons (Fsp3) is 0.381. The number of esters is 1. The number of halogens is 1. The summed E-state index contributed by atoms with van der Waals surface area (Å²) in [6.45, 7) is 2.83. The highest BCUT2D eigenvalue weighted by Crippen LogP contribution is 2.38. The molecule has 28 heavy (non-hydrogen) atoms. The van der Waals surface area contributed by atoms with E-state index in [9.17, 15) is 19.5 Å². The standard InChI is InChI=1S/C21H23ClO6/c1-13(23)12-27-18-11-17(25)19-16(20(18)22)10-15(24)9-7-5-3-4-6-8-14(2)28-21(19)26/h4,6-7,9,11,14,25H,3,5,8,10,12H2,1-2H3/b6-4+,9-7+/t14-/m1/s1. The van der Waals surface area contributed by atoms with Crippen molar-refractivity contribution in [3.63, 3.8) is 0 Å². The molecule has 0 saturated heterocycles. The molecule has 0 aromatic heterocycles. The van der Waals surface area contributed by atoms with E-state index >= 15 is 0 Å². The molecule has 0 unspecified atom stereocenters. The van der Waals surface area contributed by atoms with Gasteiger partial charge in [-0.2, -0.15) is 0 Å². The van der Waals surface area contributed by atoms with Crippen molar-refractivity contribution in [2.24, 2.45) is 0 Å². The maximum absolute atomic E-state index is 12.7. The zero-order valence-electron chi connectivity index (χ0n) is 15.9. The van der Waals surface area contributed by atoms with Crippen molar-refractivity contribution in [2.75, 3.05) is 6.61 Å². The Morgan fingerprint density at radius 1 is 1.29 bits per heavy atom. The van der Waals surface area contributed by atoms with Crippen LogP contribution in [0.3, 0.4) is 0 Å². The fourth-order valence-electron chi connectivity index (χ4n) is 2.69. The molecule has 1 aliphatic heterocycles. The molecular weight excluding hydrogens is 384 g/mol. The minimum atomic E-state index is -0.776. The van der Waals surface area contributed by atoms with Crippen LogP contribution in [0.2, 0.25) is 5.02 Å². The molecule has 2 rings (SSSR count). The lowest BCUT2D eigenvalue weighted by Crippen LogP contribution is -2.18. The number of hydrogen-bond donors (Lipinski definition) is 1. The highest BCUT2D eigenvalue weighted by Gasteiger charge is 2.26. The van der Waals surface area contributed by atoms with Gasteiger partial charge < -0.3 is 14.6 Å². The van der Waals surface area contributed by atoms with Gasteiger partial charge in [-0.05, 0) is 32.8 Å². The molecule has 1 heterocycles. The van der Waals surface area contributed by atoms with Crippen LogP contribution in [0, 0.1) is 0 Å². The Morgan fingerprint density at radius 3 is 2.71 bits per heavy atom. The van der Waals surface area contributed by atoms with Gasteiger partial charge in [0.05, 0.1) is 5.02 Å². The number of ketones is 2. The van der Waals surface area contributed by atoms with Crippen LogP contribution >= 0.6 is 11.6 Å². The molecule has 1 aromatic carbocycles. The largest absolute Gasteiger partial charge is 0.507 e. The van der Waals surface area contributed by atoms with E-state index in [-0.39, 0.29) is 46.5 Å². The first-order valence-electron chi connectivity index (χ1n) is 9.01. The van der Waals surface area contributed by atoms with Crippen molar-refractivity contribution >= 4 is 29.1 Å². The molecule has 7 heteroatoms. The summed E-state index contributed by atoms with van der Waals surface area (Å²) in [5, 5.41) is 10.4. The summed E-state index contributed by atoms with van der Waals surface area (Å²) < 4.78 is 10.7. The average molecular weight is 407 g/mol. The number of phenolic OH excluding ortho intramolecular Hbond substituents is 1. The number of ether oxygens (including phenoxy) is 2. The summed E-state index contributed by atoms with van der Waals surface area (Å²) in [5.74, 6) is -1.70. The van der Waals surface area contributed by atoms with Gasteiger partial charge in [0.25, 0.3) is 0 Å². The van der Waals surface area contributed by atoms with Gasteiger partial charge in [-0.25, -0.2) is 4.79 Å². The maximum atomic E-state index is 12.7. The molecule has 1 aromatic rings. The number of allylic oxidation sites excluding steroid dienone is 3. The summed E-state index contributed by atoms with van der Waals surface area (Å²) in [5.41, 5.74) is -0.0607. The minimum absolute atomic E-state index is 0.00704. The third-order valence-electron chi connectivity index (χ3n) is 4.04. The monoisotopic (exact) mass is 406 g/mol. The lowest BCUT2D eigenvalue weighted by Gasteiger charge is -2.18. The van der Waals surface area contributed by atoms with Crippen LogP contribution in [0.5, 0.6) is 11.5 Å². The van der Waals surface area contributed by atoms with Crippen molar-refractivity contribution in [1.82, 2.24) is 0 Å². The van der Waals surface area contributed by atoms with E-state index in [4.69, 9.17) is 21.1 Å². The van der Waals surface area contributed by atoms with Crippen LogP contribution in [-0.4, -0.2) is 35.4 Å². The molecule has 1 aliphatic rings. The predicted octanol–water partition coefficient (Wildman–Crippen LogP) is 3.97. The molecule has 0 saturated carbocycles. The highest BCUT2D eigenvalue weighted by atomic mass is 35.5. The second-order valence-corrected chi connectivity index (χ2v) is 6.98. The number of rotatable bonds is 3. The SMILES string of the molecule is CC(=O)COc1cc(O)c2c(c1Cl)CC(=O)/C=C/CC/C=C/C[C@@H](C)OC2=O. The summed E-state index contributed by atoms with van der Waals surface area (Å²) in [6.07, 6.45) is 8.41. The van der Waals surface area contributed by atoms with Crippen LogP contribution in [0.4, 0.5) is 0 Å². The predicted molar refractivity (Wildman–Crippen MR) is 105 cm³/mol. The van der Waals surface area contributed by atoms with E-state index in [1.54, 1.807) is 13.0 Å². The lowest BCUT2D eigenvalue weighted by atomic mass is 9.99. The minimum Gasteiger partial charge on any atom is -0.507 e. The van der Waals surface area contributed by atoms with Gasteiger partial charge in [0.15, 0.2) is 11.6 Å². The van der Waals surface area contributed by atoms with Gasteiger partial charge in [0.2, 0.25) is 0 Å². The number of hydrogen-bond acceptors (Lipinski definition) is 6. The molecule has 0 aliphatic carbocycles. The first-order valence-corrected chi connectivity index (χ1v) is 9.39. The Hall–Kier alpha value is -2.60. The fourth-order valence-corrected chi connectivity index (χ4v) is 2.96.